The highest BCUT2D eigenvalue weighted by molar-refractivity contribution is 7.88. The number of amides is 1. The van der Waals surface area contributed by atoms with E-state index in [0.29, 0.717) is 18.7 Å². The van der Waals surface area contributed by atoms with E-state index >= 15 is 0 Å². The molecule has 1 amide bonds. The number of nitrogens with one attached hydrogen (secondary N) is 1. The van der Waals surface area contributed by atoms with Crippen LogP contribution < -0.4 is 5.32 Å². The normalized spacial score (nSPS) is 20.9. The molecule has 2 aliphatic rings. The lowest BCUT2D eigenvalue weighted by atomic mass is 10.1. The van der Waals surface area contributed by atoms with Gasteiger partial charge in [0.2, 0.25) is 10.0 Å². The van der Waals surface area contributed by atoms with Gasteiger partial charge in [-0.3, -0.25) is 4.79 Å². The van der Waals surface area contributed by atoms with E-state index in [2.05, 4.69) is 10.2 Å². The molecule has 1 heterocycles. The predicted molar refractivity (Wildman–Crippen MR) is 107 cm³/mol. The van der Waals surface area contributed by atoms with Crippen molar-refractivity contribution < 1.29 is 13.2 Å². The fourth-order valence-corrected chi connectivity index (χ4v) is 5.33. The van der Waals surface area contributed by atoms with E-state index in [0.717, 1.165) is 31.5 Å². The smallest absolute Gasteiger partial charge is 0.251 e. The van der Waals surface area contributed by atoms with Crippen LogP contribution >= 0.6 is 0 Å². The molecule has 6 nitrogen and oxygen atoms in total. The fourth-order valence-electron chi connectivity index (χ4n) is 3.81. The van der Waals surface area contributed by atoms with Crippen molar-refractivity contribution in [3.8, 4) is 0 Å². The Morgan fingerprint density at radius 3 is 2.19 bits per heavy atom. The quantitative estimate of drug-likeness (QED) is 0.779. The first-order valence-electron chi connectivity index (χ1n) is 10.0. The summed E-state index contributed by atoms with van der Waals surface area (Å²) in [5.74, 6) is -0.0725. The number of sulfonamides is 1. The molecule has 2 fully saturated rings. The highest BCUT2D eigenvalue weighted by atomic mass is 32.2. The number of hydrogen-bond donors (Lipinski definition) is 1. The SMILES string of the molecule is CN1CCN(S(=O)(=O)Cc2ccc(C(=O)NC3CCCCCC3)cc2)CC1. The summed E-state index contributed by atoms with van der Waals surface area (Å²) < 4.78 is 26.8. The molecule has 0 aromatic heterocycles. The molecule has 27 heavy (non-hydrogen) atoms. The molecule has 1 N–H and O–H groups in total. The second-order valence-corrected chi connectivity index (χ2v) is 9.79. The number of likely N-dealkylation sites (N-methyl/N-ethyl adjacent to an activating group) is 1. The van der Waals surface area contributed by atoms with Crippen molar-refractivity contribution in [2.45, 2.75) is 50.3 Å². The van der Waals surface area contributed by atoms with Gasteiger partial charge in [-0.05, 0) is 37.6 Å². The van der Waals surface area contributed by atoms with Crippen LogP contribution in [0.5, 0.6) is 0 Å². The van der Waals surface area contributed by atoms with Gasteiger partial charge >= 0.3 is 0 Å². The molecule has 1 aliphatic heterocycles. The van der Waals surface area contributed by atoms with Crippen LogP contribution in [0.15, 0.2) is 24.3 Å². The van der Waals surface area contributed by atoms with E-state index in [1.165, 1.54) is 25.7 Å². The molecule has 0 spiro atoms. The van der Waals surface area contributed by atoms with Crippen LogP contribution in [0.4, 0.5) is 0 Å². The third-order valence-electron chi connectivity index (χ3n) is 5.61. The summed E-state index contributed by atoms with van der Waals surface area (Å²) in [6.07, 6.45) is 6.95. The maximum atomic E-state index is 12.6. The average molecular weight is 394 g/mol. The number of hydrogen-bond acceptors (Lipinski definition) is 4. The molecule has 0 bridgehead atoms. The van der Waals surface area contributed by atoms with Gasteiger partial charge in [-0.15, -0.1) is 0 Å². The molecular weight excluding hydrogens is 362 g/mol. The van der Waals surface area contributed by atoms with Crippen molar-refractivity contribution in [2.75, 3.05) is 33.2 Å². The monoisotopic (exact) mass is 393 g/mol. The summed E-state index contributed by atoms with van der Waals surface area (Å²) >= 11 is 0. The molecule has 0 atom stereocenters. The van der Waals surface area contributed by atoms with E-state index in [1.54, 1.807) is 28.6 Å². The van der Waals surface area contributed by atoms with E-state index in [1.807, 2.05) is 7.05 Å². The van der Waals surface area contributed by atoms with Crippen LogP contribution in [0.3, 0.4) is 0 Å². The van der Waals surface area contributed by atoms with E-state index in [9.17, 15) is 13.2 Å². The van der Waals surface area contributed by atoms with Gasteiger partial charge in [0.15, 0.2) is 0 Å². The number of nitrogens with zero attached hydrogens (tertiary/aromatic N) is 2. The molecule has 1 saturated carbocycles. The van der Waals surface area contributed by atoms with E-state index in [4.69, 9.17) is 0 Å². The van der Waals surface area contributed by atoms with Crippen molar-refractivity contribution in [1.82, 2.24) is 14.5 Å². The standard InChI is InChI=1S/C20H31N3O3S/c1-22-12-14-23(15-13-22)27(25,26)16-17-8-10-18(11-9-17)20(24)21-19-6-4-2-3-5-7-19/h8-11,19H,2-7,12-16H2,1H3,(H,21,24). The Kier molecular flexibility index (Phi) is 6.89. The highest BCUT2D eigenvalue weighted by Gasteiger charge is 2.26. The summed E-state index contributed by atoms with van der Waals surface area (Å²) in [6, 6.07) is 7.25. The Hall–Kier alpha value is -1.44. The molecule has 7 heteroatoms. The number of rotatable bonds is 5. The Morgan fingerprint density at radius 1 is 1.00 bits per heavy atom. The van der Waals surface area contributed by atoms with Gasteiger partial charge in [-0.25, -0.2) is 8.42 Å². The number of benzene rings is 1. The van der Waals surface area contributed by atoms with Crippen LogP contribution in [-0.2, 0) is 15.8 Å². The molecular formula is C20H31N3O3S. The molecule has 150 valence electrons. The first-order valence-corrected chi connectivity index (χ1v) is 11.6. The molecule has 0 radical (unpaired) electrons. The van der Waals surface area contributed by atoms with Gasteiger partial charge in [0.25, 0.3) is 5.91 Å². The number of carbonyl (C=O) groups is 1. The Balaban J connectivity index is 1.57. The molecule has 1 aromatic carbocycles. The zero-order chi connectivity index (χ0) is 19.3. The largest absolute Gasteiger partial charge is 0.349 e. The van der Waals surface area contributed by atoms with E-state index < -0.39 is 10.0 Å². The fraction of sp³-hybridized carbons (Fsp3) is 0.650. The molecule has 1 aliphatic carbocycles. The lowest BCUT2D eigenvalue weighted by molar-refractivity contribution is 0.0933. The van der Waals surface area contributed by atoms with Crippen molar-refractivity contribution in [3.05, 3.63) is 35.4 Å². The highest BCUT2D eigenvalue weighted by Crippen LogP contribution is 2.18. The predicted octanol–water partition coefficient (Wildman–Crippen LogP) is 2.22. The van der Waals surface area contributed by atoms with Crippen molar-refractivity contribution in [2.24, 2.45) is 0 Å². The van der Waals surface area contributed by atoms with Crippen LogP contribution in [0.2, 0.25) is 0 Å². The topological polar surface area (TPSA) is 69.7 Å². The number of carbonyl (C=O) groups excluding carboxylic acids is 1. The summed E-state index contributed by atoms with van der Waals surface area (Å²) in [4.78, 5) is 14.6. The zero-order valence-electron chi connectivity index (χ0n) is 16.2. The maximum Gasteiger partial charge on any atom is 0.251 e. The van der Waals surface area contributed by atoms with Gasteiger partial charge in [-0.1, -0.05) is 37.8 Å². The van der Waals surface area contributed by atoms with Crippen molar-refractivity contribution >= 4 is 15.9 Å². The van der Waals surface area contributed by atoms with Crippen LogP contribution in [-0.4, -0.2) is 62.8 Å². The second kappa shape index (κ2) is 9.17. The third-order valence-corrected chi connectivity index (χ3v) is 7.46. The Morgan fingerprint density at radius 2 is 1.59 bits per heavy atom. The molecule has 0 unspecified atom stereocenters. The second-order valence-electron chi connectivity index (χ2n) is 7.82. The lowest BCUT2D eigenvalue weighted by Crippen LogP contribution is -2.47. The third kappa shape index (κ3) is 5.77. The minimum Gasteiger partial charge on any atom is -0.349 e. The van der Waals surface area contributed by atoms with Crippen LogP contribution in [0.1, 0.15) is 54.4 Å². The first-order chi connectivity index (χ1) is 12.9. The molecule has 1 aromatic rings. The molecule has 1 saturated heterocycles. The summed E-state index contributed by atoms with van der Waals surface area (Å²) in [5.41, 5.74) is 1.32. The lowest BCUT2D eigenvalue weighted by Gasteiger charge is -2.31. The Labute approximate surface area is 163 Å². The minimum absolute atomic E-state index is 0.0127. The Bertz CT molecular complexity index is 717. The maximum absolute atomic E-state index is 12.6. The van der Waals surface area contributed by atoms with Crippen LogP contribution in [0, 0.1) is 0 Å². The van der Waals surface area contributed by atoms with Gasteiger partial charge in [0, 0.05) is 37.8 Å². The van der Waals surface area contributed by atoms with Crippen molar-refractivity contribution in [1.29, 1.82) is 0 Å². The van der Waals surface area contributed by atoms with Gasteiger partial charge in [-0.2, -0.15) is 4.31 Å². The number of piperazine rings is 1. The first kappa shape index (κ1) is 20.3. The minimum atomic E-state index is -3.31. The van der Waals surface area contributed by atoms with Gasteiger partial charge < -0.3 is 10.2 Å². The summed E-state index contributed by atoms with van der Waals surface area (Å²) in [7, 11) is -1.31. The zero-order valence-corrected chi connectivity index (χ0v) is 17.0. The molecule has 3 rings (SSSR count). The van der Waals surface area contributed by atoms with Gasteiger partial charge in [0.1, 0.15) is 0 Å². The summed E-state index contributed by atoms with van der Waals surface area (Å²) in [6.45, 7) is 2.61. The van der Waals surface area contributed by atoms with Gasteiger partial charge in [0.05, 0.1) is 5.75 Å². The van der Waals surface area contributed by atoms with Crippen molar-refractivity contribution in [3.63, 3.8) is 0 Å². The van der Waals surface area contributed by atoms with E-state index in [-0.39, 0.29) is 17.7 Å². The van der Waals surface area contributed by atoms with Crippen LogP contribution in [0.25, 0.3) is 0 Å². The average Bonchev–Trinajstić information content (AvgIpc) is 2.91. The summed E-state index contributed by atoms with van der Waals surface area (Å²) in [5, 5.41) is 3.13.